The molecular formula is C39H54O4Si. The topological polar surface area (TPSA) is 66.8 Å². The molecule has 3 fully saturated rings. The number of aliphatic hydroxyl groups is 2. The predicted molar refractivity (Wildman–Crippen MR) is 180 cm³/mol. The van der Waals surface area contributed by atoms with Gasteiger partial charge < -0.3 is 14.6 Å². The van der Waals surface area contributed by atoms with Gasteiger partial charge in [-0.05, 0) is 90.4 Å². The molecule has 0 radical (unpaired) electrons. The van der Waals surface area contributed by atoms with Gasteiger partial charge in [-0.3, -0.25) is 4.79 Å². The van der Waals surface area contributed by atoms with Crippen LogP contribution in [0.4, 0.5) is 0 Å². The van der Waals surface area contributed by atoms with Gasteiger partial charge in [0.25, 0.3) is 8.32 Å². The first-order valence-electron chi connectivity index (χ1n) is 17.1. The minimum Gasteiger partial charge on any atom is -0.404 e. The van der Waals surface area contributed by atoms with E-state index in [1.54, 1.807) is 12.5 Å². The molecule has 0 spiro atoms. The molecule has 3 saturated carbocycles. The predicted octanol–water partition coefficient (Wildman–Crippen LogP) is 6.82. The van der Waals surface area contributed by atoms with Crippen molar-refractivity contribution in [2.24, 2.45) is 34.5 Å². The number of carbonyl (C=O) groups is 1. The summed E-state index contributed by atoms with van der Waals surface area (Å²) in [4.78, 5) is 12.5. The summed E-state index contributed by atoms with van der Waals surface area (Å²) < 4.78 is 7.62. The number of benzene rings is 2. The van der Waals surface area contributed by atoms with Crippen LogP contribution in [-0.2, 0) is 9.22 Å². The fourth-order valence-corrected chi connectivity index (χ4v) is 15.5. The molecule has 0 saturated heterocycles. The summed E-state index contributed by atoms with van der Waals surface area (Å²) in [5.41, 5.74) is -0.152. The number of ketones is 1. The van der Waals surface area contributed by atoms with Gasteiger partial charge in [0.15, 0.2) is 0 Å². The molecule has 5 heteroatoms. The van der Waals surface area contributed by atoms with Crippen molar-refractivity contribution >= 4 is 24.5 Å². The zero-order valence-electron chi connectivity index (χ0n) is 28.0. The van der Waals surface area contributed by atoms with Crippen molar-refractivity contribution in [3.05, 3.63) is 72.3 Å². The summed E-state index contributed by atoms with van der Waals surface area (Å²) in [5, 5.41) is 26.0. The molecule has 4 aliphatic carbocycles. The van der Waals surface area contributed by atoms with E-state index in [0.29, 0.717) is 18.3 Å². The van der Waals surface area contributed by atoms with Gasteiger partial charge in [-0.25, -0.2) is 0 Å². The van der Waals surface area contributed by atoms with Gasteiger partial charge in [-0.1, -0.05) is 114 Å². The fourth-order valence-electron chi connectivity index (χ4n) is 10.8. The Morgan fingerprint density at radius 1 is 0.955 bits per heavy atom. The quantitative estimate of drug-likeness (QED) is 0.277. The van der Waals surface area contributed by atoms with E-state index in [1.165, 1.54) is 10.4 Å². The lowest BCUT2D eigenvalue weighted by Crippen LogP contribution is -2.68. The van der Waals surface area contributed by atoms with Gasteiger partial charge in [0.05, 0.1) is 6.10 Å². The van der Waals surface area contributed by atoms with Crippen molar-refractivity contribution in [2.45, 2.75) is 116 Å². The first-order chi connectivity index (χ1) is 20.7. The monoisotopic (exact) mass is 614 g/mol. The normalized spacial score (nSPS) is 37.8. The largest absolute Gasteiger partial charge is 0.404 e. The Balaban J connectivity index is 1.31. The number of hydrogen-bond acceptors (Lipinski definition) is 4. The Kier molecular flexibility index (Phi) is 8.00. The summed E-state index contributed by atoms with van der Waals surface area (Å²) in [7, 11) is -2.63. The molecular weight excluding hydrogens is 561 g/mol. The van der Waals surface area contributed by atoms with Gasteiger partial charge in [-0.2, -0.15) is 0 Å². The zero-order valence-corrected chi connectivity index (χ0v) is 29.0. The number of allylic oxidation sites excluding steroid dienone is 1. The highest BCUT2D eigenvalue weighted by atomic mass is 28.4. The second kappa shape index (κ2) is 11.0. The number of carbonyl (C=O) groups excluding carboxylic acids is 1. The average molecular weight is 615 g/mol. The third-order valence-corrected chi connectivity index (χ3v) is 18.5. The summed E-state index contributed by atoms with van der Waals surface area (Å²) in [6.45, 7) is 15.1. The maximum absolute atomic E-state index is 12.5. The summed E-state index contributed by atoms with van der Waals surface area (Å²) in [6, 6.07) is 22.0. The van der Waals surface area contributed by atoms with E-state index in [1.807, 2.05) is 6.92 Å². The minimum absolute atomic E-state index is 0.0347. The smallest absolute Gasteiger partial charge is 0.261 e. The van der Waals surface area contributed by atoms with E-state index < -0.39 is 31.4 Å². The van der Waals surface area contributed by atoms with Gasteiger partial charge in [0, 0.05) is 17.4 Å². The lowest BCUT2D eigenvalue weighted by Gasteiger charge is -2.60. The molecule has 6 rings (SSSR count). The number of rotatable bonds is 6. The van der Waals surface area contributed by atoms with Crippen LogP contribution in [0.5, 0.6) is 0 Å². The molecule has 4 nitrogen and oxygen atoms in total. The highest BCUT2D eigenvalue weighted by molar-refractivity contribution is 6.99. The van der Waals surface area contributed by atoms with Crippen molar-refractivity contribution < 1.29 is 19.4 Å². The third kappa shape index (κ3) is 4.51. The Hall–Kier alpha value is -2.05. The summed E-state index contributed by atoms with van der Waals surface area (Å²) in [5.74, 6) is 0.552. The standard InChI is InChI=1S/C39H54O4Si/c1-26(27(2)40)39(42)35(41)25-34-32-19-18-28-24-29(20-22-37(28,6)33(32)21-23-38(34,39)7)43-44(36(3,4)5,30-14-10-8-11-15-30)31-16-12-9-13-17-31/h8-18,26,29,32-35,41-42H,19-25H2,1-7H3/t26-,29+,32-,33+,34+,35-,37+,38+,39-/m1/s1. The second-order valence-electron chi connectivity index (χ2n) is 16.3. The van der Waals surface area contributed by atoms with Crippen LogP contribution in [0, 0.1) is 34.5 Å². The molecule has 0 bridgehead atoms. The van der Waals surface area contributed by atoms with Crippen LogP contribution in [0.1, 0.15) is 93.4 Å². The van der Waals surface area contributed by atoms with E-state index in [0.717, 1.165) is 38.5 Å². The highest BCUT2D eigenvalue weighted by Gasteiger charge is 2.69. The number of fused-ring (bicyclic) bond motifs is 5. The number of Topliss-reactive ketones (excluding diaryl/α,β-unsaturated/α-hetero) is 1. The molecule has 2 aromatic rings. The van der Waals surface area contributed by atoms with E-state index >= 15 is 0 Å². The van der Waals surface area contributed by atoms with Crippen molar-refractivity contribution in [1.82, 2.24) is 0 Å². The Morgan fingerprint density at radius 2 is 1.55 bits per heavy atom. The molecule has 44 heavy (non-hydrogen) atoms. The summed E-state index contributed by atoms with van der Waals surface area (Å²) >= 11 is 0. The van der Waals surface area contributed by atoms with Crippen molar-refractivity contribution in [3.63, 3.8) is 0 Å². The zero-order chi connectivity index (χ0) is 31.7. The molecule has 0 aliphatic heterocycles. The van der Waals surface area contributed by atoms with E-state index in [4.69, 9.17) is 4.43 Å². The molecule has 2 aromatic carbocycles. The Morgan fingerprint density at radius 3 is 2.09 bits per heavy atom. The molecule has 0 aromatic heterocycles. The van der Waals surface area contributed by atoms with Crippen LogP contribution in [0.25, 0.3) is 0 Å². The fraction of sp³-hybridized carbons (Fsp3) is 0.615. The first-order valence-corrected chi connectivity index (χ1v) is 19.0. The molecule has 238 valence electrons. The van der Waals surface area contributed by atoms with Crippen LogP contribution >= 0.6 is 0 Å². The average Bonchev–Trinajstić information content (AvgIpc) is 3.21. The van der Waals surface area contributed by atoms with Crippen molar-refractivity contribution in [3.8, 4) is 0 Å². The lowest BCUT2D eigenvalue weighted by molar-refractivity contribution is -0.183. The van der Waals surface area contributed by atoms with Crippen LogP contribution in [0.2, 0.25) is 5.04 Å². The van der Waals surface area contributed by atoms with Crippen molar-refractivity contribution in [2.75, 3.05) is 0 Å². The van der Waals surface area contributed by atoms with Crippen LogP contribution in [0.15, 0.2) is 72.3 Å². The first kappa shape index (κ1) is 31.9. The van der Waals surface area contributed by atoms with Gasteiger partial charge in [0.2, 0.25) is 0 Å². The van der Waals surface area contributed by atoms with E-state index in [-0.39, 0.29) is 28.3 Å². The van der Waals surface area contributed by atoms with Gasteiger partial charge in [-0.15, -0.1) is 0 Å². The van der Waals surface area contributed by atoms with Crippen LogP contribution in [0.3, 0.4) is 0 Å². The van der Waals surface area contributed by atoms with Crippen LogP contribution < -0.4 is 10.4 Å². The number of aliphatic hydroxyl groups excluding tert-OH is 1. The molecule has 0 heterocycles. The molecule has 2 N–H and O–H groups in total. The van der Waals surface area contributed by atoms with Gasteiger partial charge >= 0.3 is 0 Å². The second-order valence-corrected chi connectivity index (χ2v) is 20.5. The minimum atomic E-state index is -2.63. The Labute approximate surface area is 266 Å². The van der Waals surface area contributed by atoms with E-state index in [9.17, 15) is 15.0 Å². The highest BCUT2D eigenvalue weighted by Crippen LogP contribution is 2.68. The SMILES string of the molecule is CC(=O)[C@@H](C)[C@@]1(O)[C@H](O)C[C@H]2[C@@H]3CC=C4C[C@@H](O[Si](c5ccccc5)(c5ccccc5)C(C)(C)C)CC[C@]4(C)[C@H]3CC[C@@]21C. The maximum Gasteiger partial charge on any atom is 0.261 e. The lowest BCUT2D eigenvalue weighted by atomic mass is 9.46. The van der Waals surface area contributed by atoms with Crippen LogP contribution in [-0.4, -0.2) is 42.1 Å². The number of hydrogen-bond donors (Lipinski definition) is 2. The molecule has 0 amide bonds. The molecule has 9 atom stereocenters. The van der Waals surface area contributed by atoms with Gasteiger partial charge in [0.1, 0.15) is 11.4 Å². The third-order valence-electron chi connectivity index (χ3n) is 13.4. The maximum atomic E-state index is 12.5. The Bertz CT molecular complexity index is 1360. The molecule has 0 unspecified atom stereocenters. The molecule has 4 aliphatic rings. The van der Waals surface area contributed by atoms with Crippen molar-refractivity contribution in [1.29, 1.82) is 0 Å². The van der Waals surface area contributed by atoms with E-state index in [2.05, 4.69) is 101 Å². The summed E-state index contributed by atoms with van der Waals surface area (Å²) in [6.07, 6.45) is 8.40.